The number of thiocarbonyl (C=S) groups is 1. The second-order valence-electron chi connectivity index (χ2n) is 7.30. The van der Waals surface area contributed by atoms with Crippen molar-refractivity contribution in [3.63, 3.8) is 0 Å². The standard InChI is InChI=1S/C23H29N3O6S/c1-14(2)10-11-32-17-9-7-6-8-16(17)22(28)24-23(33)26-25-21(27)15-12-18(29-3)20(31-5)19(13-15)30-4/h6-9,12-14H,10-11H2,1-5H3,(H,25,27)(H2,24,26,28,33). The van der Waals surface area contributed by atoms with E-state index in [1.54, 1.807) is 24.3 Å². The number of rotatable bonds is 9. The molecule has 2 amide bonds. The minimum atomic E-state index is -0.525. The Bertz CT molecular complexity index is 971. The second kappa shape index (κ2) is 12.5. The number of carbonyl (C=O) groups excluding carboxylic acids is 2. The van der Waals surface area contributed by atoms with Gasteiger partial charge in [0.1, 0.15) is 5.75 Å². The smallest absolute Gasteiger partial charge is 0.269 e. The fourth-order valence-corrected chi connectivity index (χ4v) is 2.93. The highest BCUT2D eigenvalue weighted by Crippen LogP contribution is 2.38. The summed E-state index contributed by atoms with van der Waals surface area (Å²) in [5.41, 5.74) is 5.50. The molecule has 3 N–H and O–H groups in total. The molecule has 0 unspecified atom stereocenters. The van der Waals surface area contributed by atoms with Crippen LogP contribution in [0.1, 0.15) is 41.0 Å². The number of ether oxygens (including phenoxy) is 4. The zero-order chi connectivity index (χ0) is 24.4. The number of methoxy groups -OCH3 is 3. The third-order valence-electron chi connectivity index (χ3n) is 4.53. The van der Waals surface area contributed by atoms with Gasteiger partial charge in [-0.15, -0.1) is 0 Å². The Kier molecular flexibility index (Phi) is 9.74. The molecule has 0 saturated carbocycles. The Balaban J connectivity index is 1.99. The lowest BCUT2D eigenvalue weighted by atomic mass is 10.1. The van der Waals surface area contributed by atoms with Gasteiger partial charge in [0.15, 0.2) is 16.6 Å². The van der Waals surface area contributed by atoms with Gasteiger partial charge in [0.05, 0.1) is 33.5 Å². The average Bonchev–Trinajstić information content (AvgIpc) is 2.81. The lowest BCUT2D eigenvalue weighted by Gasteiger charge is -2.15. The first kappa shape index (κ1) is 25.7. The highest BCUT2D eigenvalue weighted by Gasteiger charge is 2.18. The number of hydrogen-bond acceptors (Lipinski definition) is 7. The van der Waals surface area contributed by atoms with Gasteiger partial charge < -0.3 is 18.9 Å². The Morgan fingerprint density at radius 1 is 0.909 bits per heavy atom. The predicted molar refractivity (Wildman–Crippen MR) is 128 cm³/mol. The van der Waals surface area contributed by atoms with Crippen molar-refractivity contribution in [1.29, 1.82) is 0 Å². The van der Waals surface area contributed by atoms with Crippen LogP contribution in [0, 0.1) is 5.92 Å². The number of benzene rings is 2. The first-order valence-corrected chi connectivity index (χ1v) is 10.6. The van der Waals surface area contributed by atoms with Crippen LogP contribution in [0.25, 0.3) is 0 Å². The molecule has 0 heterocycles. The van der Waals surface area contributed by atoms with Crippen LogP contribution in [-0.4, -0.2) is 44.9 Å². The molecule has 0 aliphatic carbocycles. The summed E-state index contributed by atoms with van der Waals surface area (Å²) >= 11 is 5.13. The van der Waals surface area contributed by atoms with E-state index in [2.05, 4.69) is 30.0 Å². The maximum Gasteiger partial charge on any atom is 0.269 e. The van der Waals surface area contributed by atoms with E-state index in [9.17, 15) is 9.59 Å². The topological polar surface area (TPSA) is 107 Å². The van der Waals surface area contributed by atoms with Gasteiger partial charge in [0.25, 0.3) is 11.8 Å². The molecular formula is C23H29N3O6S. The van der Waals surface area contributed by atoms with Crippen LogP contribution in [0.3, 0.4) is 0 Å². The van der Waals surface area contributed by atoms with Crippen molar-refractivity contribution < 1.29 is 28.5 Å². The summed E-state index contributed by atoms with van der Waals surface area (Å²) in [5.74, 6) is 0.968. The molecule has 2 rings (SSSR count). The van der Waals surface area contributed by atoms with Crippen LogP contribution in [0.2, 0.25) is 0 Å². The molecule has 0 fully saturated rings. The first-order chi connectivity index (χ1) is 15.8. The van der Waals surface area contributed by atoms with Crippen molar-refractivity contribution >= 4 is 29.1 Å². The molecule has 0 aromatic heterocycles. The van der Waals surface area contributed by atoms with Crippen LogP contribution >= 0.6 is 12.2 Å². The molecular weight excluding hydrogens is 446 g/mol. The molecule has 33 heavy (non-hydrogen) atoms. The summed E-state index contributed by atoms with van der Waals surface area (Å²) in [5, 5.41) is 2.44. The van der Waals surface area contributed by atoms with E-state index in [0.29, 0.717) is 41.1 Å². The minimum absolute atomic E-state index is 0.0854. The molecule has 0 bridgehead atoms. The van der Waals surface area contributed by atoms with E-state index in [1.165, 1.54) is 33.5 Å². The molecule has 178 valence electrons. The minimum Gasteiger partial charge on any atom is -0.493 e. The largest absolute Gasteiger partial charge is 0.493 e. The first-order valence-electron chi connectivity index (χ1n) is 10.2. The van der Waals surface area contributed by atoms with Crippen LogP contribution in [0.15, 0.2) is 36.4 Å². The van der Waals surface area contributed by atoms with Gasteiger partial charge in [-0.3, -0.25) is 25.8 Å². The molecule has 0 saturated heterocycles. The SMILES string of the molecule is COc1cc(C(=O)NNC(=S)NC(=O)c2ccccc2OCCC(C)C)cc(OC)c1OC. The third kappa shape index (κ3) is 7.25. The van der Waals surface area contributed by atoms with Crippen molar-refractivity contribution in [2.75, 3.05) is 27.9 Å². The Morgan fingerprint density at radius 3 is 2.12 bits per heavy atom. The van der Waals surface area contributed by atoms with Gasteiger partial charge in [0, 0.05) is 5.56 Å². The van der Waals surface area contributed by atoms with Crippen molar-refractivity contribution in [3.8, 4) is 23.0 Å². The highest BCUT2D eigenvalue weighted by molar-refractivity contribution is 7.80. The van der Waals surface area contributed by atoms with Crippen LogP contribution in [0.5, 0.6) is 23.0 Å². The maximum atomic E-state index is 12.6. The molecule has 0 radical (unpaired) electrons. The van der Waals surface area contributed by atoms with Gasteiger partial charge in [-0.2, -0.15) is 0 Å². The van der Waals surface area contributed by atoms with E-state index in [4.69, 9.17) is 31.2 Å². The molecule has 2 aromatic rings. The molecule has 9 nitrogen and oxygen atoms in total. The highest BCUT2D eigenvalue weighted by atomic mass is 32.1. The van der Waals surface area contributed by atoms with E-state index in [0.717, 1.165) is 6.42 Å². The van der Waals surface area contributed by atoms with Crippen molar-refractivity contribution in [2.24, 2.45) is 5.92 Å². The number of carbonyl (C=O) groups is 2. The third-order valence-corrected chi connectivity index (χ3v) is 4.73. The van der Waals surface area contributed by atoms with Gasteiger partial charge in [-0.1, -0.05) is 26.0 Å². The number of amides is 2. The van der Waals surface area contributed by atoms with Crippen LogP contribution in [0.4, 0.5) is 0 Å². The quantitative estimate of drug-likeness (QED) is 0.375. The molecule has 0 aliphatic rings. The number of para-hydroxylation sites is 1. The van der Waals surface area contributed by atoms with Crippen molar-refractivity contribution in [3.05, 3.63) is 47.5 Å². The lowest BCUT2D eigenvalue weighted by molar-refractivity contribution is 0.0933. The number of hydrogen-bond donors (Lipinski definition) is 3. The van der Waals surface area contributed by atoms with Crippen molar-refractivity contribution in [2.45, 2.75) is 20.3 Å². The summed E-state index contributed by atoms with van der Waals surface area (Å²) in [6.45, 7) is 4.69. The van der Waals surface area contributed by atoms with E-state index in [-0.39, 0.29) is 10.7 Å². The summed E-state index contributed by atoms with van der Waals surface area (Å²) in [6, 6.07) is 9.85. The number of hydrazine groups is 1. The van der Waals surface area contributed by atoms with Crippen LogP contribution in [-0.2, 0) is 0 Å². The van der Waals surface area contributed by atoms with Crippen molar-refractivity contribution in [1.82, 2.24) is 16.2 Å². The average molecular weight is 476 g/mol. The zero-order valence-corrected chi connectivity index (χ0v) is 20.1. The predicted octanol–water partition coefficient (Wildman–Crippen LogP) is 3.09. The molecule has 2 aromatic carbocycles. The molecule has 0 spiro atoms. The number of nitrogens with one attached hydrogen (secondary N) is 3. The van der Waals surface area contributed by atoms with Gasteiger partial charge in [-0.25, -0.2) is 0 Å². The summed E-state index contributed by atoms with van der Waals surface area (Å²) in [7, 11) is 4.37. The zero-order valence-electron chi connectivity index (χ0n) is 19.3. The Hall–Kier alpha value is -3.53. The van der Waals surface area contributed by atoms with Gasteiger partial charge >= 0.3 is 0 Å². The summed E-state index contributed by atoms with van der Waals surface area (Å²) in [4.78, 5) is 25.2. The lowest BCUT2D eigenvalue weighted by Crippen LogP contribution is -2.48. The normalized spacial score (nSPS) is 10.2. The summed E-state index contributed by atoms with van der Waals surface area (Å²) in [6.07, 6.45) is 0.864. The van der Waals surface area contributed by atoms with E-state index < -0.39 is 11.8 Å². The Morgan fingerprint density at radius 2 is 1.55 bits per heavy atom. The molecule has 10 heteroatoms. The van der Waals surface area contributed by atoms with Crippen LogP contribution < -0.4 is 35.1 Å². The molecule has 0 atom stereocenters. The van der Waals surface area contributed by atoms with E-state index >= 15 is 0 Å². The Labute approximate surface area is 198 Å². The fourth-order valence-electron chi connectivity index (χ4n) is 2.78. The monoisotopic (exact) mass is 475 g/mol. The van der Waals surface area contributed by atoms with E-state index in [1.807, 2.05) is 0 Å². The maximum absolute atomic E-state index is 12.6. The molecule has 0 aliphatic heterocycles. The second-order valence-corrected chi connectivity index (χ2v) is 7.71. The van der Waals surface area contributed by atoms with Gasteiger partial charge in [0.2, 0.25) is 5.75 Å². The fraction of sp³-hybridized carbons (Fsp3) is 0.348. The summed E-state index contributed by atoms with van der Waals surface area (Å²) < 4.78 is 21.5. The van der Waals surface area contributed by atoms with Gasteiger partial charge in [-0.05, 0) is 48.8 Å².